The van der Waals surface area contributed by atoms with Crippen LogP contribution in [0.25, 0.3) is 0 Å². The van der Waals surface area contributed by atoms with Gasteiger partial charge in [-0.1, -0.05) is 47.5 Å². The molecular formula is C12H27N. The topological polar surface area (TPSA) is 26.0 Å². The Bertz CT molecular complexity index is 125. The molecule has 0 radical (unpaired) electrons. The SMILES string of the molecule is CCC(C)(CC)C(CN)CC(C)C. The highest BCUT2D eigenvalue weighted by atomic mass is 14.6. The zero-order valence-electron chi connectivity index (χ0n) is 10.1. The van der Waals surface area contributed by atoms with E-state index in [0.717, 1.165) is 12.5 Å². The second kappa shape index (κ2) is 5.64. The molecule has 1 atom stereocenters. The lowest BCUT2D eigenvalue weighted by Crippen LogP contribution is -2.33. The van der Waals surface area contributed by atoms with Crippen LogP contribution in [0.1, 0.15) is 53.9 Å². The van der Waals surface area contributed by atoms with Gasteiger partial charge in [0.05, 0.1) is 0 Å². The van der Waals surface area contributed by atoms with Crippen molar-refractivity contribution in [3.05, 3.63) is 0 Å². The molecule has 1 heteroatoms. The zero-order chi connectivity index (χ0) is 10.5. The predicted octanol–water partition coefficient (Wildman–Crippen LogP) is 3.43. The maximum Gasteiger partial charge on any atom is -0.00436 e. The van der Waals surface area contributed by atoms with E-state index < -0.39 is 0 Å². The summed E-state index contributed by atoms with van der Waals surface area (Å²) in [6.07, 6.45) is 3.77. The van der Waals surface area contributed by atoms with E-state index in [4.69, 9.17) is 5.73 Å². The van der Waals surface area contributed by atoms with Gasteiger partial charge in [0.15, 0.2) is 0 Å². The van der Waals surface area contributed by atoms with E-state index in [2.05, 4.69) is 34.6 Å². The first kappa shape index (κ1) is 13.0. The number of nitrogens with two attached hydrogens (primary N) is 1. The van der Waals surface area contributed by atoms with Gasteiger partial charge >= 0.3 is 0 Å². The predicted molar refractivity (Wildman–Crippen MR) is 60.7 cm³/mol. The van der Waals surface area contributed by atoms with Crippen molar-refractivity contribution in [1.29, 1.82) is 0 Å². The summed E-state index contributed by atoms with van der Waals surface area (Å²) in [5.74, 6) is 1.47. The minimum atomic E-state index is 0.457. The fraction of sp³-hybridized carbons (Fsp3) is 1.00. The summed E-state index contributed by atoms with van der Waals surface area (Å²) in [7, 11) is 0. The molecule has 0 aromatic carbocycles. The van der Waals surface area contributed by atoms with E-state index in [1.165, 1.54) is 19.3 Å². The highest BCUT2D eigenvalue weighted by Crippen LogP contribution is 2.37. The third-order valence-electron chi connectivity index (χ3n) is 3.64. The Morgan fingerprint density at radius 3 is 1.85 bits per heavy atom. The Balaban J connectivity index is 4.34. The van der Waals surface area contributed by atoms with Crippen molar-refractivity contribution < 1.29 is 0 Å². The van der Waals surface area contributed by atoms with Crippen molar-refractivity contribution in [2.75, 3.05) is 6.54 Å². The normalized spacial score (nSPS) is 15.0. The fourth-order valence-electron chi connectivity index (χ4n) is 2.06. The first-order chi connectivity index (χ1) is 6.00. The number of hydrogen-bond acceptors (Lipinski definition) is 1. The average Bonchev–Trinajstić information content (AvgIpc) is 2.12. The van der Waals surface area contributed by atoms with E-state index in [0.29, 0.717) is 11.3 Å². The summed E-state index contributed by atoms with van der Waals surface area (Å²) in [5.41, 5.74) is 6.32. The van der Waals surface area contributed by atoms with Crippen molar-refractivity contribution >= 4 is 0 Å². The van der Waals surface area contributed by atoms with Gasteiger partial charge in [0.1, 0.15) is 0 Å². The number of rotatable bonds is 6. The second-order valence-electron chi connectivity index (χ2n) is 4.92. The van der Waals surface area contributed by atoms with Crippen molar-refractivity contribution in [1.82, 2.24) is 0 Å². The van der Waals surface area contributed by atoms with Crippen LogP contribution in [0.3, 0.4) is 0 Å². The van der Waals surface area contributed by atoms with E-state index in [-0.39, 0.29) is 0 Å². The van der Waals surface area contributed by atoms with E-state index in [1.54, 1.807) is 0 Å². The van der Waals surface area contributed by atoms with Gasteiger partial charge in [-0.3, -0.25) is 0 Å². The lowest BCUT2D eigenvalue weighted by molar-refractivity contribution is 0.149. The molecule has 1 nitrogen and oxygen atoms in total. The standard InChI is InChI=1S/C12H27N/c1-6-12(5,7-2)11(9-13)8-10(3)4/h10-11H,6-9,13H2,1-5H3. The minimum absolute atomic E-state index is 0.457. The molecule has 0 aliphatic carbocycles. The largest absolute Gasteiger partial charge is 0.330 e. The van der Waals surface area contributed by atoms with Gasteiger partial charge in [-0.15, -0.1) is 0 Å². The summed E-state index contributed by atoms with van der Waals surface area (Å²) < 4.78 is 0. The molecule has 1 unspecified atom stereocenters. The average molecular weight is 185 g/mol. The molecular weight excluding hydrogens is 158 g/mol. The Hall–Kier alpha value is -0.0400. The lowest BCUT2D eigenvalue weighted by atomic mass is 9.70. The smallest absolute Gasteiger partial charge is 0.00436 e. The van der Waals surface area contributed by atoms with Crippen LogP contribution in [-0.4, -0.2) is 6.54 Å². The lowest BCUT2D eigenvalue weighted by Gasteiger charge is -2.36. The second-order valence-corrected chi connectivity index (χ2v) is 4.92. The molecule has 0 saturated carbocycles. The van der Waals surface area contributed by atoms with Gasteiger partial charge in [-0.05, 0) is 30.2 Å². The maximum atomic E-state index is 5.86. The van der Waals surface area contributed by atoms with Crippen molar-refractivity contribution in [2.24, 2.45) is 23.0 Å². The molecule has 0 aromatic heterocycles. The summed E-state index contributed by atoms with van der Waals surface area (Å²) in [6, 6.07) is 0. The fourth-order valence-corrected chi connectivity index (χ4v) is 2.06. The highest BCUT2D eigenvalue weighted by Gasteiger charge is 2.29. The molecule has 0 amide bonds. The van der Waals surface area contributed by atoms with E-state index in [1.807, 2.05) is 0 Å². The van der Waals surface area contributed by atoms with Crippen molar-refractivity contribution in [3.63, 3.8) is 0 Å². The van der Waals surface area contributed by atoms with Crippen LogP contribution in [0, 0.1) is 17.3 Å². The van der Waals surface area contributed by atoms with Crippen LogP contribution in [-0.2, 0) is 0 Å². The van der Waals surface area contributed by atoms with E-state index in [9.17, 15) is 0 Å². The summed E-state index contributed by atoms with van der Waals surface area (Å²) in [5, 5.41) is 0. The molecule has 0 aliphatic rings. The number of hydrogen-bond donors (Lipinski definition) is 1. The van der Waals surface area contributed by atoms with Crippen LogP contribution < -0.4 is 5.73 Å². The molecule has 80 valence electrons. The molecule has 0 aromatic rings. The van der Waals surface area contributed by atoms with Crippen molar-refractivity contribution in [2.45, 2.75) is 53.9 Å². The molecule has 0 bridgehead atoms. The first-order valence-electron chi connectivity index (χ1n) is 5.70. The zero-order valence-corrected chi connectivity index (χ0v) is 10.1. The molecule has 0 fully saturated rings. The third kappa shape index (κ3) is 3.68. The van der Waals surface area contributed by atoms with Gasteiger partial charge in [0.25, 0.3) is 0 Å². The van der Waals surface area contributed by atoms with Gasteiger partial charge in [-0.2, -0.15) is 0 Å². The molecule has 0 rings (SSSR count). The first-order valence-corrected chi connectivity index (χ1v) is 5.70. The van der Waals surface area contributed by atoms with Crippen LogP contribution >= 0.6 is 0 Å². The minimum Gasteiger partial charge on any atom is -0.330 e. The highest BCUT2D eigenvalue weighted by molar-refractivity contribution is 4.81. The molecule has 13 heavy (non-hydrogen) atoms. The van der Waals surface area contributed by atoms with Crippen LogP contribution in [0.2, 0.25) is 0 Å². The Morgan fingerprint density at radius 1 is 1.15 bits per heavy atom. The molecule has 0 spiro atoms. The molecule has 0 aliphatic heterocycles. The van der Waals surface area contributed by atoms with Gasteiger partial charge in [0, 0.05) is 0 Å². The Morgan fingerprint density at radius 2 is 1.62 bits per heavy atom. The van der Waals surface area contributed by atoms with Crippen LogP contribution in [0.4, 0.5) is 0 Å². The molecule has 0 saturated heterocycles. The Kier molecular flexibility index (Phi) is 5.62. The third-order valence-corrected chi connectivity index (χ3v) is 3.64. The monoisotopic (exact) mass is 185 g/mol. The summed E-state index contributed by atoms with van der Waals surface area (Å²) in [4.78, 5) is 0. The molecule has 2 N–H and O–H groups in total. The summed E-state index contributed by atoms with van der Waals surface area (Å²) >= 11 is 0. The van der Waals surface area contributed by atoms with Gasteiger partial charge < -0.3 is 5.73 Å². The van der Waals surface area contributed by atoms with Crippen LogP contribution in [0.5, 0.6) is 0 Å². The van der Waals surface area contributed by atoms with Gasteiger partial charge in [0.2, 0.25) is 0 Å². The maximum absolute atomic E-state index is 5.86. The quantitative estimate of drug-likeness (QED) is 0.674. The van der Waals surface area contributed by atoms with Gasteiger partial charge in [-0.25, -0.2) is 0 Å². The molecule has 0 heterocycles. The van der Waals surface area contributed by atoms with E-state index >= 15 is 0 Å². The van der Waals surface area contributed by atoms with Crippen LogP contribution in [0.15, 0.2) is 0 Å². The Labute approximate surface area is 84.1 Å². The summed E-state index contributed by atoms with van der Waals surface area (Å²) in [6.45, 7) is 12.4. The van der Waals surface area contributed by atoms with Crippen molar-refractivity contribution in [3.8, 4) is 0 Å².